The first-order valence-electron chi connectivity index (χ1n) is 6.43. The van der Waals surface area contributed by atoms with E-state index in [-0.39, 0.29) is 0 Å². The zero-order valence-electron chi connectivity index (χ0n) is 11.4. The summed E-state index contributed by atoms with van der Waals surface area (Å²) in [4.78, 5) is 0. The van der Waals surface area contributed by atoms with Gasteiger partial charge in [-0.1, -0.05) is 36.4 Å². The molecule has 0 aliphatic heterocycles. The van der Waals surface area contributed by atoms with Crippen molar-refractivity contribution in [1.82, 2.24) is 0 Å². The highest BCUT2D eigenvalue weighted by Gasteiger charge is 2.11. The van der Waals surface area contributed by atoms with Crippen LogP contribution in [0.5, 0.6) is 0 Å². The molecule has 0 saturated carbocycles. The minimum absolute atomic E-state index is 0.677. The second-order valence-corrected chi connectivity index (χ2v) is 5.19. The lowest BCUT2D eigenvalue weighted by Crippen LogP contribution is -2.27. The summed E-state index contributed by atoms with van der Waals surface area (Å²) in [7, 11) is -1.73. The molecule has 0 spiro atoms. The summed E-state index contributed by atoms with van der Waals surface area (Å²) in [5.74, 6) is 0. The van der Waals surface area contributed by atoms with Gasteiger partial charge in [0.25, 0.3) is 0 Å². The molecule has 0 aromatic heterocycles. The zero-order valence-corrected chi connectivity index (χ0v) is 12.5. The normalized spacial score (nSPS) is 11.6. The van der Waals surface area contributed by atoms with E-state index in [4.69, 9.17) is 13.3 Å². The lowest BCUT2D eigenvalue weighted by molar-refractivity contribution is 0.107. The molecule has 0 unspecified atom stereocenters. The lowest BCUT2D eigenvalue weighted by atomic mass is 9.99. The van der Waals surface area contributed by atoms with Gasteiger partial charge in [-0.05, 0) is 31.9 Å². The highest BCUT2D eigenvalue weighted by molar-refractivity contribution is 6.36. The van der Waals surface area contributed by atoms with Gasteiger partial charge in [0.1, 0.15) is 0 Å². The van der Waals surface area contributed by atoms with Gasteiger partial charge in [0.05, 0.1) is 0 Å². The highest BCUT2D eigenvalue weighted by Crippen LogP contribution is 2.21. The van der Waals surface area contributed by atoms with Crippen molar-refractivity contribution in [1.29, 1.82) is 0 Å². The van der Waals surface area contributed by atoms with Crippen molar-refractivity contribution in [2.75, 3.05) is 19.8 Å². The molecule has 0 saturated heterocycles. The quantitative estimate of drug-likeness (QED) is 0.752. The lowest BCUT2D eigenvalue weighted by Gasteiger charge is -2.12. The Labute approximate surface area is 111 Å². The van der Waals surface area contributed by atoms with Crippen LogP contribution in [0.4, 0.5) is 0 Å². The van der Waals surface area contributed by atoms with Gasteiger partial charge in [-0.15, -0.1) is 0 Å². The number of benzene rings is 1. The van der Waals surface area contributed by atoms with Crippen molar-refractivity contribution >= 4 is 21.7 Å². The Morgan fingerprint density at radius 3 is 1.39 bits per heavy atom. The molecular weight excluding hydrogens is 244 g/mol. The largest absolute Gasteiger partial charge is 0.484 e. The van der Waals surface area contributed by atoms with Crippen LogP contribution >= 0.6 is 0 Å². The van der Waals surface area contributed by atoms with Crippen LogP contribution in [0, 0.1) is 0 Å². The molecule has 18 heavy (non-hydrogen) atoms. The molecule has 1 aliphatic rings. The van der Waals surface area contributed by atoms with Crippen molar-refractivity contribution in [3.63, 3.8) is 0 Å². The Kier molecular flexibility index (Phi) is 7.60. The van der Waals surface area contributed by atoms with Gasteiger partial charge < -0.3 is 13.3 Å². The van der Waals surface area contributed by atoms with E-state index in [1.165, 1.54) is 11.1 Å². The van der Waals surface area contributed by atoms with E-state index < -0.39 is 9.53 Å². The molecule has 0 atom stereocenters. The minimum Gasteiger partial charge on any atom is -0.376 e. The molecule has 0 radical (unpaired) electrons. The van der Waals surface area contributed by atoms with Crippen molar-refractivity contribution in [3.8, 4) is 0 Å². The van der Waals surface area contributed by atoms with E-state index in [2.05, 4.69) is 36.4 Å². The van der Waals surface area contributed by atoms with Crippen LogP contribution in [0.15, 0.2) is 24.3 Å². The maximum atomic E-state index is 5.22. The third-order valence-corrected chi connectivity index (χ3v) is 4.16. The fourth-order valence-electron chi connectivity index (χ4n) is 1.45. The molecule has 1 aliphatic carbocycles. The summed E-state index contributed by atoms with van der Waals surface area (Å²) < 4.78 is 15.7. The Morgan fingerprint density at radius 2 is 1.17 bits per heavy atom. The van der Waals surface area contributed by atoms with E-state index >= 15 is 0 Å². The molecule has 3 nitrogen and oxygen atoms in total. The fraction of sp³-hybridized carbons (Fsp3) is 0.429. The molecule has 2 rings (SSSR count). The van der Waals surface area contributed by atoms with Crippen molar-refractivity contribution in [3.05, 3.63) is 35.4 Å². The molecule has 0 fully saturated rings. The smallest absolute Gasteiger partial charge is 0.376 e. The fourth-order valence-corrected chi connectivity index (χ4v) is 2.56. The molecular formula is C14H22O3Si. The first-order valence-corrected chi connectivity index (χ1v) is 7.85. The monoisotopic (exact) mass is 266 g/mol. The van der Waals surface area contributed by atoms with Crippen molar-refractivity contribution < 1.29 is 13.3 Å². The van der Waals surface area contributed by atoms with Gasteiger partial charge in [-0.25, -0.2) is 0 Å². The molecule has 1 aromatic carbocycles. The first kappa shape index (κ1) is 15.1. The van der Waals surface area contributed by atoms with Gasteiger partial charge in [-0.3, -0.25) is 0 Å². The summed E-state index contributed by atoms with van der Waals surface area (Å²) in [5.41, 5.74) is 2.74. The predicted molar refractivity (Wildman–Crippen MR) is 77.4 cm³/mol. The maximum absolute atomic E-state index is 5.22. The van der Waals surface area contributed by atoms with Crippen LogP contribution in [0.2, 0.25) is 0 Å². The van der Waals surface area contributed by atoms with Gasteiger partial charge in [0.2, 0.25) is 0 Å². The summed E-state index contributed by atoms with van der Waals surface area (Å²) in [6, 6.07) is 8.36. The van der Waals surface area contributed by atoms with Crippen LogP contribution in [-0.4, -0.2) is 29.3 Å². The summed E-state index contributed by atoms with van der Waals surface area (Å²) in [5, 5.41) is 0. The Hall–Kier alpha value is -0.943. The van der Waals surface area contributed by atoms with Crippen molar-refractivity contribution in [2.24, 2.45) is 0 Å². The topological polar surface area (TPSA) is 27.7 Å². The number of fused-ring (bicyclic) bond motifs is 1. The van der Waals surface area contributed by atoms with Crippen LogP contribution in [0.1, 0.15) is 31.9 Å². The average molecular weight is 266 g/mol. The Morgan fingerprint density at radius 1 is 0.778 bits per heavy atom. The SMILES string of the molecule is C1=Cc2ccccc21.CCO[SiH](OCC)OCC. The number of hydrogen-bond donors (Lipinski definition) is 0. The molecule has 0 heterocycles. The van der Waals surface area contributed by atoms with Crippen LogP contribution in [0.3, 0.4) is 0 Å². The third kappa shape index (κ3) is 5.14. The first-order chi connectivity index (χ1) is 8.81. The second kappa shape index (κ2) is 9.05. The standard InChI is InChI=1S/C8H6.C6H16O3Si/c1-2-4-8-6-5-7(8)3-1;1-4-7-10(8-5-2)9-6-3/h1-6H;10H,4-6H2,1-3H3. The average Bonchev–Trinajstić information content (AvgIpc) is 2.33. The molecule has 0 amide bonds. The Bertz CT molecular complexity index is 327. The molecule has 0 bridgehead atoms. The van der Waals surface area contributed by atoms with Crippen LogP contribution < -0.4 is 0 Å². The summed E-state index contributed by atoms with van der Waals surface area (Å²) >= 11 is 0. The Balaban J connectivity index is 0.000000182. The van der Waals surface area contributed by atoms with Crippen molar-refractivity contribution in [2.45, 2.75) is 20.8 Å². The molecule has 100 valence electrons. The van der Waals surface area contributed by atoms with E-state index in [9.17, 15) is 0 Å². The summed E-state index contributed by atoms with van der Waals surface area (Å²) in [6.45, 7) is 7.86. The van der Waals surface area contributed by atoms with Gasteiger partial charge in [0.15, 0.2) is 0 Å². The number of rotatable bonds is 6. The maximum Gasteiger partial charge on any atom is 0.484 e. The number of hydrogen-bond acceptors (Lipinski definition) is 3. The van der Waals surface area contributed by atoms with Crippen LogP contribution in [0.25, 0.3) is 12.2 Å². The minimum atomic E-state index is -1.73. The molecule has 4 heteroatoms. The van der Waals surface area contributed by atoms with E-state index in [1.807, 2.05) is 20.8 Å². The second-order valence-electron chi connectivity index (χ2n) is 3.62. The van der Waals surface area contributed by atoms with E-state index in [1.54, 1.807) is 0 Å². The van der Waals surface area contributed by atoms with Gasteiger partial charge in [0, 0.05) is 19.8 Å². The van der Waals surface area contributed by atoms with E-state index in [0.717, 1.165) is 0 Å². The molecule has 0 N–H and O–H groups in total. The molecule has 1 aromatic rings. The predicted octanol–water partition coefficient (Wildman–Crippen LogP) is 2.98. The van der Waals surface area contributed by atoms with E-state index in [0.29, 0.717) is 19.8 Å². The summed E-state index contributed by atoms with van der Waals surface area (Å²) in [6.07, 6.45) is 4.24. The van der Waals surface area contributed by atoms with Crippen LogP contribution in [-0.2, 0) is 13.3 Å². The zero-order chi connectivity index (χ0) is 13.2. The highest BCUT2D eigenvalue weighted by atomic mass is 28.3. The third-order valence-electron chi connectivity index (χ3n) is 2.35. The van der Waals surface area contributed by atoms with Gasteiger partial charge >= 0.3 is 9.53 Å². The van der Waals surface area contributed by atoms with Gasteiger partial charge in [-0.2, -0.15) is 0 Å².